The summed E-state index contributed by atoms with van der Waals surface area (Å²) in [5.74, 6) is 1.36. The highest BCUT2D eigenvalue weighted by Crippen LogP contribution is 2.31. The van der Waals surface area contributed by atoms with Gasteiger partial charge in [0.25, 0.3) is 0 Å². The average Bonchev–Trinajstić information content (AvgIpc) is 3.29. The van der Waals surface area contributed by atoms with E-state index in [9.17, 15) is 4.79 Å². The van der Waals surface area contributed by atoms with E-state index in [4.69, 9.17) is 27.6 Å². The van der Waals surface area contributed by atoms with Crippen LogP contribution in [0.5, 0.6) is 0 Å². The van der Waals surface area contributed by atoms with E-state index < -0.39 is 0 Å². The van der Waals surface area contributed by atoms with Crippen molar-refractivity contribution in [3.8, 4) is 11.4 Å². The smallest absolute Gasteiger partial charge is 0.230 e. The third kappa shape index (κ3) is 4.94. The highest BCUT2D eigenvalue weighted by molar-refractivity contribution is 7.99. The zero-order valence-electron chi connectivity index (χ0n) is 14.2. The molecule has 0 aliphatic carbocycles. The summed E-state index contributed by atoms with van der Waals surface area (Å²) in [6.45, 7) is 4.60. The highest BCUT2D eigenvalue weighted by atomic mass is 35.5. The van der Waals surface area contributed by atoms with Gasteiger partial charge in [0.15, 0.2) is 11.0 Å². The third-order valence-corrected chi connectivity index (χ3v) is 5.09. The Morgan fingerprint density at radius 3 is 2.89 bits per heavy atom. The predicted octanol–water partition coefficient (Wildman–Crippen LogP) is 4.44. The third-order valence-electron chi connectivity index (χ3n) is 3.57. The summed E-state index contributed by atoms with van der Waals surface area (Å²) in [7, 11) is 0. The lowest BCUT2D eigenvalue weighted by molar-refractivity contribution is -0.118. The molecule has 2 heterocycles. The van der Waals surface area contributed by atoms with Gasteiger partial charge < -0.3 is 9.73 Å². The summed E-state index contributed by atoms with van der Waals surface area (Å²) in [6, 6.07) is 8.76. The second kappa shape index (κ2) is 9.12. The first-order chi connectivity index (χ1) is 13.1. The molecule has 0 atom stereocenters. The van der Waals surface area contributed by atoms with Gasteiger partial charge in [0.05, 0.1) is 23.6 Å². The molecule has 140 valence electrons. The molecule has 1 aromatic carbocycles. The van der Waals surface area contributed by atoms with E-state index in [-0.39, 0.29) is 11.7 Å². The van der Waals surface area contributed by atoms with E-state index in [0.717, 1.165) is 0 Å². The Balaban J connectivity index is 1.71. The van der Waals surface area contributed by atoms with Crippen molar-refractivity contribution in [1.82, 2.24) is 20.1 Å². The number of rotatable bonds is 8. The summed E-state index contributed by atoms with van der Waals surface area (Å²) >= 11 is 13.5. The number of allylic oxidation sites excluding steroid dienone is 1. The first-order valence-corrected chi connectivity index (χ1v) is 9.74. The first-order valence-electron chi connectivity index (χ1n) is 8.00. The van der Waals surface area contributed by atoms with Crippen LogP contribution in [0.4, 0.5) is 0 Å². The molecule has 27 heavy (non-hydrogen) atoms. The average molecular weight is 423 g/mol. The second-order valence-corrected chi connectivity index (χ2v) is 7.26. The topological polar surface area (TPSA) is 73.0 Å². The molecule has 3 rings (SSSR count). The number of nitrogens with one attached hydrogen (secondary N) is 1. The first kappa shape index (κ1) is 19.5. The molecule has 0 saturated heterocycles. The van der Waals surface area contributed by atoms with Crippen LogP contribution in [0, 0.1) is 0 Å². The van der Waals surface area contributed by atoms with Crippen molar-refractivity contribution in [1.29, 1.82) is 0 Å². The van der Waals surface area contributed by atoms with Gasteiger partial charge in [-0.05, 0) is 30.3 Å². The van der Waals surface area contributed by atoms with Crippen LogP contribution in [-0.2, 0) is 17.9 Å². The van der Waals surface area contributed by atoms with Crippen LogP contribution in [0.1, 0.15) is 5.76 Å². The van der Waals surface area contributed by atoms with Gasteiger partial charge in [0.2, 0.25) is 5.91 Å². The van der Waals surface area contributed by atoms with Crippen LogP contribution in [-0.4, -0.2) is 26.4 Å². The fourth-order valence-corrected chi connectivity index (χ4v) is 3.61. The van der Waals surface area contributed by atoms with E-state index in [0.29, 0.717) is 45.4 Å². The number of halogens is 2. The van der Waals surface area contributed by atoms with Crippen LogP contribution in [0.25, 0.3) is 11.4 Å². The molecule has 1 amide bonds. The van der Waals surface area contributed by atoms with E-state index in [1.54, 1.807) is 42.7 Å². The molecular formula is C18H16Cl2N4O2S. The van der Waals surface area contributed by atoms with Gasteiger partial charge in [0, 0.05) is 17.1 Å². The summed E-state index contributed by atoms with van der Waals surface area (Å²) < 4.78 is 7.04. The maximum Gasteiger partial charge on any atom is 0.230 e. The molecule has 0 fully saturated rings. The number of aromatic nitrogens is 3. The van der Waals surface area contributed by atoms with E-state index in [1.165, 1.54) is 11.8 Å². The summed E-state index contributed by atoms with van der Waals surface area (Å²) in [5.41, 5.74) is 0.713. The molecule has 0 spiro atoms. The van der Waals surface area contributed by atoms with Crippen molar-refractivity contribution < 1.29 is 9.21 Å². The second-order valence-electron chi connectivity index (χ2n) is 5.47. The van der Waals surface area contributed by atoms with E-state index in [1.807, 2.05) is 4.57 Å². The Morgan fingerprint density at radius 1 is 1.33 bits per heavy atom. The minimum atomic E-state index is -0.129. The van der Waals surface area contributed by atoms with Crippen molar-refractivity contribution >= 4 is 40.9 Å². The van der Waals surface area contributed by atoms with Crippen molar-refractivity contribution in [2.75, 3.05) is 5.75 Å². The van der Waals surface area contributed by atoms with Crippen LogP contribution < -0.4 is 5.32 Å². The molecule has 6 nitrogen and oxygen atoms in total. The Bertz CT molecular complexity index is 941. The molecule has 1 N–H and O–H groups in total. The highest BCUT2D eigenvalue weighted by Gasteiger charge is 2.17. The summed E-state index contributed by atoms with van der Waals surface area (Å²) in [5, 5.41) is 12.8. The van der Waals surface area contributed by atoms with E-state index >= 15 is 0 Å². The van der Waals surface area contributed by atoms with Gasteiger partial charge >= 0.3 is 0 Å². The maximum absolute atomic E-state index is 12.1. The van der Waals surface area contributed by atoms with Crippen LogP contribution in [0.2, 0.25) is 10.0 Å². The van der Waals surface area contributed by atoms with E-state index in [2.05, 4.69) is 22.1 Å². The van der Waals surface area contributed by atoms with Gasteiger partial charge in [-0.1, -0.05) is 41.0 Å². The van der Waals surface area contributed by atoms with Gasteiger partial charge in [-0.15, -0.1) is 16.8 Å². The van der Waals surface area contributed by atoms with Gasteiger partial charge in [-0.3, -0.25) is 9.36 Å². The molecule has 0 bridgehead atoms. The van der Waals surface area contributed by atoms with Crippen molar-refractivity contribution in [2.45, 2.75) is 18.2 Å². The SMILES string of the molecule is C=CCn1c(SCC(=O)NCc2ccco2)nnc1-c1ccc(Cl)cc1Cl. The number of carbonyl (C=O) groups is 1. The molecule has 3 aromatic rings. The monoisotopic (exact) mass is 422 g/mol. The molecule has 0 aliphatic heterocycles. The van der Waals surface area contributed by atoms with Crippen LogP contribution in [0.3, 0.4) is 0 Å². The summed E-state index contributed by atoms with van der Waals surface area (Å²) in [4.78, 5) is 12.1. The number of thioether (sulfide) groups is 1. The number of hydrogen-bond donors (Lipinski definition) is 1. The number of carbonyl (C=O) groups excluding carboxylic acids is 1. The van der Waals surface area contributed by atoms with Gasteiger partial charge in [-0.2, -0.15) is 0 Å². The zero-order valence-corrected chi connectivity index (χ0v) is 16.5. The number of benzene rings is 1. The fraction of sp³-hybridized carbons (Fsp3) is 0.167. The molecule has 2 aromatic heterocycles. The molecule has 9 heteroatoms. The normalized spacial score (nSPS) is 10.7. The minimum absolute atomic E-state index is 0.129. The quantitative estimate of drug-likeness (QED) is 0.429. The maximum atomic E-state index is 12.1. The zero-order chi connectivity index (χ0) is 19.2. The number of hydrogen-bond acceptors (Lipinski definition) is 5. The van der Waals surface area contributed by atoms with Gasteiger partial charge in [0.1, 0.15) is 5.76 Å². The lowest BCUT2D eigenvalue weighted by Crippen LogP contribution is -2.24. The predicted molar refractivity (Wildman–Crippen MR) is 107 cm³/mol. The van der Waals surface area contributed by atoms with Crippen LogP contribution in [0.15, 0.2) is 58.8 Å². The number of furan rings is 1. The van der Waals surface area contributed by atoms with Gasteiger partial charge in [-0.25, -0.2) is 0 Å². The molecule has 0 saturated carbocycles. The summed E-state index contributed by atoms with van der Waals surface area (Å²) in [6.07, 6.45) is 3.30. The number of amides is 1. The molecular weight excluding hydrogens is 407 g/mol. The molecule has 0 aliphatic rings. The Labute approximate surface area is 170 Å². The Hall–Kier alpha value is -2.22. The van der Waals surface area contributed by atoms with Crippen molar-refractivity contribution in [3.63, 3.8) is 0 Å². The Morgan fingerprint density at radius 2 is 2.19 bits per heavy atom. The van der Waals surface area contributed by atoms with Crippen molar-refractivity contribution in [3.05, 3.63) is 65.1 Å². The van der Waals surface area contributed by atoms with Crippen LogP contribution >= 0.6 is 35.0 Å². The number of nitrogens with zero attached hydrogens (tertiary/aromatic N) is 3. The minimum Gasteiger partial charge on any atom is -0.467 e. The largest absolute Gasteiger partial charge is 0.467 e. The molecule has 0 unspecified atom stereocenters. The lowest BCUT2D eigenvalue weighted by atomic mass is 10.2. The van der Waals surface area contributed by atoms with Crippen molar-refractivity contribution in [2.24, 2.45) is 0 Å². The standard InChI is InChI=1S/C18H16Cl2N4O2S/c1-2-7-24-17(14-6-5-12(19)9-15(14)20)22-23-18(24)27-11-16(25)21-10-13-4-3-8-26-13/h2-6,8-9H,1,7,10-11H2,(H,21,25). The Kier molecular flexibility index (Phi) is 6.60. The fourth-order valence-electron chi connectivity index (χ4n) is 2.34. The molecule has 0 radical (unpaired) electrons. The lowest BCUT2D eigenvalue weighted by Gasteiger charge is -2.09.